The Morgan fingerprint density at radius 1 is 1.06 bits per heavy atom. The molecule has 0 unspecified atom stereocenters. The summed E-state index contributed by atoms with van der Waals surface area (Å²) < 4.78 is 7.04. The summed E-state index contributed by atoms with van der Waals surface area (Å²) in [7, 11) is 1.54. The molecule has 4 rings (SSSR count). The Labute approximate surface area is 184 Å². The predicted molar refractivity (Wildman–Crippen MR) is 125 cm³/mol. The third-order valence-corrected chi connectivity index (χ3v) is 5.62. The number of hydrogen-bond donors (Lipinski definition) is 2. The number of carbonyl (C=O) groups excluding carboxylic acids is 1. The van der Waals surface area contributed by atoms with Gasteiger partial charge in [-0.3, -0.25) is 14.2 Å². The Balaban J connectivity index is 1.77. The molecular formula is C24H21N3O3S. The van der Waals surface area contributed by atoms with Crippen molar-refractivity contribution in [3.8, 4) is 11.4 Å². The van der Waals surface area contributed by atoms with Gasteiger partial charge in [-0.2, -0.15) is 0 Å². The van der Waals surface area contributed by atoms with Crippen LogP contribution in [-0.2, 0) is 0 Å². The van der Waals surface area contributed by atoms with Crippen LogP contribution in [0.2, 0.25) is 0 Å². The van der Waals surface area contributed by atoms with Gasteiger partial charge >= 0.3 is 0 Å². The first kappa shape index (κ1) is 20.6. The number of H-pyrrole nitrogens is 1. The number of nitrogens with zero attached hydrogens (tertiary/aromatic N) is 1. The molecule has 0 fully saturated rings. The van der Waals surface area contributed by atoms with Crippen LogP contribution in [0.15, 0.2) is 65.5 Å². The van der Waals surface area contributed by atoms with Crippen LogP contribution in [0.5, 0.6) is 5.75 Å². The van der Waals surface area contributed by atoms with Crippen LogP contribution in [-0.4, -0.2) is 22.6 Å². The molecule has 6 nitrogen and oxygen atoms in total. The van der Waals surface area contributed by atoms with Crippen molar-refractivity contribution in [2.75, 3.05) is 12.4 Å². The van der Waals surface area contributed by atoms with Crippen LogP contribution >= 0.6 is 12.2 Å². The Morgan fingerprint density at radius 3 is 2.61 bits per heavy atom. The zero-order chi connectivity index (χ0) is 22.1. The lowest BCUT2D eigenvalue weighted by Crippen LogP contribution is -2.22. The SMILES string of the molecule is COc1ccccc1NC(=O)c1ccc2c(=O)n(-c3cccc(C)c3C)c(=S)[nH]c2c1. The van der Waals surface area contributed by atoms with Gasteiger partial charge in [-0.1, -0.05) is 24.3 Å². The number of benzene rings is 3. The van der Waals surface area contributed by atoms with E-state index in [-0.39, 0.29) is 16.2 Å². The fraction of sp³-hybridized carbons (Fsp3) is 0.125. The summed E-state index contributed by atoms with van der Waals surface area (Å²) in [6.45, 7) is 3.95. The van der Waals surface area contributed by atoms with Gasteiger partial charge < -0.3 is 15.0 Å². The third kappa shape index (κ3) is 3.75. The highest BCUT2D eigenvalue weighted by Crippen LogP contribution is 2.24. The molecule has 1 amide bonds. The molecular weight excluding hydrogens is 410 g/mol. The van der Waals surface area contributed by atoms with Crippen molar-refractivity contribution in [2.24, 2.45) is 0 Å². The highest BCUT2D eigenvalue weighted by molar-refractivity contribution is 7.71. The van der Waals surface area contributed by atoms with Crippen molar-refractivity contribution in [1.82, 2.24) is 9.55 Å². The number of ether oxygens (including phenoxy) is 1. The Kier molecular flexibility index (Phi) is 5.44. The first-order valence-corrected chi connectivity index (χ1v) is 10.1. The van der Waals surface area contributed by atoms with Gasteiger partial charge in [0, 0.05) is 5.56 Å². The molecule has 156 valence electrons. The third-order valence-electron chi connectivity index (χ3n) is 5.33. The molecule has 1 heterocycles. The quantitative estimate of drug-likeness (QED) is 0.450. The maximum absolute atomic E-state index is 13.2. The van der Waals surface area contributed by atoms with Crippen LogP contribution in [0.1, 0.15) is 21.5 Å². The summed E-state index contributed by atoms with van der Waals surface area (Å²) in [5.41, 5.74) is 4.03. The minimum Gasteiger partial charge on any atom is -0.495 e. The Morgan fingerprint density at radius 2 is 1.84 bits per heavy atom. The number of methoxy groups -OCH3 is 1. The van der Waals surface area contributed by atoms with Crippen molar-refractivity contribution in [3.63, 3.8) is 0 Å². The minimum absolute atomic E-state index is 0.232. The van der Waals surface area contributed by atoms with Gasteiger partial charge in [-0.15, -0.1) is 0 Å². The van der Waals surface area contributed by atoms with Gasteiger partial charge in [0.05, 0.1) is 29.4 Å². The van der Waals surface area contributed by atoms with Crippen molar-refractivity contribution in [2.45, 2.75) is 13.8 Å². The van der Waals surface area contributed by atoms with E-state index in [1.165, 1.54) is 4.57 Å². The number of anilines is 1. The smallest absolute Gasteiger partial charge is 0.266 e. The Hall–Kier alpha value is -3.71. The average molecular weight is 432 g/mol. The summed E-state index contributed by atoms with van der Waals surface area (Å²) in [6.07, 6.45) is 0. The van der Waals surface area contributed by atoms with E-state index in [2.05, 4.69) is 10.3 Å². The van der Waals surface area contributed by atoms with E-state index in [1.54, 1.807) is 37.4 Å². The summed E-state index contributed by atoms with van der Waals surface area (Å²) in [5.74, 6) is 0.247. The maximum atomic E-state index is 13.2. The van der Waals surface area contributed by atoms with E-state index >= 15 is 0 Å². The highest BCUT2D eigenvalue weighted by atomic mass is 32.1. The van der Waals surface area contributed by atoms with E-state index < -0.39 is 0 Å². The molecule has 31 heavy (non-hydrogen) atoms. The van der Waals surface area contributed by atoms with Gasteiger partial charge in [0.2, 0.25) is 0 Å². The summed E-state index contributed by atoms with van der Waals surface area (Å²) in [4.78, 5) is 29.1. The van der Waals surface area contributed by atoms with Gasteiger partial charge in [-0.25, -0.2) is 0 Å². The lowest BCUT2D eigenvalue weighted by Gasteiger charge is -2.13. The fourth-order valence-corrected chi connectivity index (χ4v) is 3.79. The number of aromatic nitrogens is 2. The number of fused-ring (bicyclic) bond motifs is 1. The molecule has 3 aromatic carbocycles. The van der Waals surface area contributed by atoms with E-state index in [1.807, 2.05) is 44.2 Å². The molecule has 0 radical (unpaired) electrons. The van der Waals surface area contributed by atoms with Gasteiger partial charge in [0.1, 0.15) is 5.75 Å². The van der Waals surface area contributed by atoms with E-state index in [0.717, 1.165) is 16.8 Å². The van der Waals surface area contributed by atoms with Crippen molar-refractivity contribution >= 4 is 34.7 Å². The maximum Gasteiger partial charge on any atom is 0.266 e. The monoisotopic (exact) mass is 431 g/mol. The molecule has 0 atom stereocenters. The molecule has 2 N–H and O–H groups in total. The van der Waals surface area contributed by atoms with Gasteiger partial charge in [-0.05, 0) is 73.6 Å². The molecule has 0 aliphatic rings. The lowest BCUT2D eigenvalue weighted by molar-refractivity contribution is 0.102. The minimum atomic E-state index is -0.315. The molecule has 0 saturated carbocycles. The van der Waals surface area contributed by atoms with E-state index in [0.29, 0.717) is 27.9 Å². The molecule has 0 spiro atoms. The molecule has 0 saturated heterocycles. The number of para-hydroxylation sites is 2. The number of amides is 1. The first-order chi connectivity index (χ1) is 14.9. The summed E-state index contributed by atoms with van der Waals surface area (Å²) in [5, 5.41) is 3.28. The number of aryl methyl sites for hydroxylation is 1. The van der Waals surface area contributed by atoms with Crippen LogP contribution in [0.4, 0.5) is 5.69 Å². The topological polar surface area (TPSA) is 76.1 Å². The Bertz CT molecular complexity index is 1440. The van der Waals surface area contributed by atoms with Crippen molar-refractivity contribution in [1.29, 1.82) is 0 Å². The normalized spacial score (nSPS) is 10.8. The molecule has 4 aromatic rings. The van der Waals surface area contributed by atoms with Gasteiger partial charge in [0.25, 0.3) is 11.5 Å². The van der Waals surface area contributed by atoms with Crippen molar-refractivity contribution in [3.05, 3.63) is 92.5 Å². The lowest BCUT2D eigenvalue weighted by atomic mass is 10.1. The summed E-state index contributed by atoms with van der Waals surface area (Å²) in [6, 6.07) is 17.8. The number of nitrogens with one attached hydrogen (secondary N) is 2. The molecule has 7 heteroatoms. The number of hydrogen-bond acceptors (Lipinski definition) is 4. The van der Waals surface area contributed by atoms with Crippen LogP contribution in [0, 0.1) is 18.6 Å². The fourth-order valence-electron chi connectivity index (χ4n) is 3.50. The molecule has 0 bridgehead atoms. The molecule has 1 aromatic heterocycles. The molecule has 0 aliphatic heterocycles. The van der Waals surface area contributed by atoms with E-state index in [4.69, 9.17) is 17.0 Å². The van der Waals surface area contributed by atoms with Crippen LogP contribution in [0.3, 0.4) is 0 Å². The van der Waals surface area contributed by atoms with E-state index in [9.17, 15) is 9.59 Å². The second-order valence-electron chi connectivity index (χ2n) is 7.20. The summed E-state index contributed by atoms with van der Waals surface area (Å²) >= 11 is 5.49. The standard InChI is InChI=1S/C24H21N3O3S/c1-14-7-6-9-20(15(14)2)27-23(29)17-12-11-16(13-19(17)26-24(27)31)22(28)25-18-8-4-5-10-21(18)30-3/h4-13H,1-3H3,(H,25,28)(H,26,31). The van der Waals surface area contributed by atoms with Gasteiger partial charge in [0.15, 0.2) is 4.77 Å². The number of carbonyl (C=O) groups is 1. The van der Waals surface area contributed by atoms with Crippen LogP contribution in [0.25, 0.3) is 16.6 Å². The second kappa shape index (κ2) is 8.20. The number of rotatable bonds is 4. The average Bonchev–Trinajstić information content (AvgIpc) is 2.76. The zero-order valence-electron chi connectivity index (χ0n) is 17.4. The zero-order valence-corrected chi connectivity index (χ0v) is 18.2. The number of aromatic amines is 1. The highest BCUT2D eigenvalue weighted by Gasteiger charge is 2.14. The van der Waals surface area contributed by atoms with Crippen molar-refractivity contribution < 1.29 is 9.53 Å². The second-order valence-corrected chi connectivity index (χ2v) is 7.59. The largest absolute Gasteiger partial charge is 0.495 e. The predicted octanol–water partition coefficient (Wildman–Crippen LogP) is 4.93. The molecule has 0 aliphatic carbocycles. The first-order valence-electron chi connectivity index (χ1n) is 9.70. The van der Waals surface area contributed by atoms with Crippen LogP contribution < -0.4 is 15.6 Å².